The number of unbranched alkanes of at least 4 members (excludes halogenated alkanes) is 6. The van der Waals surface area contributed by atoms with Crippen LogP contribution in [0.1, 0.15) is 58.3 Å². The van der Waals surface area contributed by atoms with Gasteiger partial charge < -0.3 is 10.4 Å². The highest BCUT2D eigenvalue weighted by molar-refractivity contribution is 7.85. The predicted octanol–water partition coefficient (Wildman–Crippen LogP) is 4.87. The van der Waals surface area contributed by atoms with E-state index in [1.54, 1.807) is 18.2 Å². The van der Waals surface area contributed by atoms with E-state index >= 15 is 0 Å². The van der Waals surface area contributed by atoms with Crippen LogP contribution in [0.4, 0.5) is 5.69 Å². The third kappa shape index (κ3) is 6.52. The number of hydrogen-bond donors (Lipinski definition) is 3. The number of phenols is 1. The predicted molar refractivity (Wildman–Crippen MR) is 107 cm³/mol. The molecule has 7 heteroatoms. The number of anilines is 1. The molecule has 1 amide bonds. The topological polar surface area (TPSA) is 104 Å². The van der Waals surface area contributed by atoms with Crippen LogP contribution in [0.2, 0.25) is 0 Å². The van der Waals surface area contributed by atoms with Crippen molar-refractivity contribution in [2.24, 2.45) is 0 Å². The second-order valence-electron chi connectivity index (χ2n) is 6.77. The van der Waals surface area contributed by atoms with E-state index in [1.165, 1.54) is 31.7 Å². The minimum atomic E-state index is -4.42. The zero-order chi connectivity index (χ0) is 19.9. The van der Waals surface area contributed by atoms with Crippen molar-refractivity contribution in [3.63, 3.8) is 0 Å². The van der Waals surface area contributed by atoms with Crippen LogP contribution in [0.25, 0.3) is 10.8 Å². The number of hydrogen-bond acceptors (Lipinski definition) is 4. The Morgan fingerprint density at radius 1 is 1.00 bits per heavy atom. The summed E-state index contributed by atoms with van der Waals surface area (Å²) in [6.07, 6.45) is 8.37. The number of fused-ring (bicyclic) bond motifs is 1. The van der Waals surface area contributed by atoms with Gasteiger partial charge in [-0.3, -0.25) is 9.35 Å². The zero-order valence-corrected chi connectivity index (χ0v) is 16.4. The first-order valence-electron chi connectivity index (χ1n) is 9.35. The van der Waals surface area contributed by atoms with Gasteiger partial charge in [-0.25, -0.2) is 0 Å². The Morgan fingerprint density at radius 2 is 1.67 bits per heavy atom. The van der Waals surface area contributed by atoms with Gasteiger partial charge in [0.15, 0.2) is 0 Å². The summed E-state index contributed by atoms with van der Waals surface area (Å²) in [5.41, 5.74) is 0.516. The summed E-state index contributed by atoms with van der Waals surface area (Å²) in [5, 5.41) is 13.6. The van der Waals surface area contributed by atoms with E-state index in [9.17, 15) is 18.3 Å². The molecule has 0 spiro atoms. The van der Waals surface area contributed by atoms with Crippen LogP contribution in [0.3, 0.4) is 0 Å². The second-order valence-corrected chi connectivity index (χ2v) is 8.19. The molecule has 0 heterocycles. The SMILES string of the molecule is CCCCCCCCCC(=O)Nc1ccc2c(O)cc(S(=O)(=O)O)cc2c1. The molecule has 0 unspecified atom stereocenters. The number of carbonyl (C=O) groups is 1. The average molecular weight is 394 g/mol. The molecule has 27 heavy (non-hydrogen) atoms. The highest BCUT2D eigenvalue weighted by Gasteiger charge is 2.14. The molecular formula is C20H27NO5S. The Balaban J connectivity index is 1.95. The van der Waals surface area contributed by atoms with Crippen molar-refractivity contribution in [3.8, 4) is 5.75 Å². The van der Waals surface area contributed by atoms with Crippen LogP contribution in [0.5, 0.6) is 5.75 Å². The van der Waals surface area contributed by atoms with Crippen molar-refractivity contribution in [1.29, 1.82) is 0 Å². The van der Waals surface area contributed by atoms with Gasteiger partial charge in [-0.1, -0.05) is 45.4 Å². The number of aromatic hydroxyl groups is 1. The van der Waals surface area contributed by atoms with E-state index in [0.29, 0.717) is 22.9 Å². The molecular weight excluding hydrogens is 366 g/mol. The van der Waals surface area contributed by atoms with Gasteiger partial charge in [-0.2, -0.15) is 8.42 Å². The second kappa shape index (κ2) is 9.71. The number of carbonyl (C=O) groups excluding carboxylic acids is 1. The molecule has 0 atom stereocenters. The molecule has 0 saturated carbocycles. The Morgan fingerprint density at radius 3 is 2.33 bits per heavy atom. The Hall–Kier alpha value is -2.12. The van der Waals surface area contributed by atoms with Crippen LogP contribution in [-0.2, 0) is 14.9 Å². The molecule has 0 bridgehead atoms. The normalized spacial score (nSPS) is 11.6. The van der Waals surface area contributed by atoms with Crippen LogP contribution < -0.4 is 5.32 Å². The molecule has 6 nitrogen and oxygen atoms in total. The molecule has 3 N–H and O–H groups in total. The maximum atomic E-state index is 12.1. The van der Waals surface area contributed by atoms with Gasteiger partial charge in [0.25, 0.3) is 10.1 Å². The van der Waals surface area contributed by atoms with Crippen molar-refractivity contribution in [2.45, 2.75) is 63.2 Å². The minimum absolute atomic E-state index is 0.0990. The molecule has 2 rings (SSSR count). The van der Waals surface area contributed by atoms with Gasteiger partial charge in [-0.05, 0) is 36.1 Å². The van der Waals surface area contributed by atoms with E-state index in [4.69, 9.17) is 4.55 Å². The van der Waals surface area contributed by atoms with Crippen molar-refractivity contribution >= 4 is 32.5 Å². The Labute approximate surface area is 160 Å². The Kier molecular flexibility index (Phi) is 7.62. The molecule has 0 fully saturated rings. The summed E-state index contributed by atoms with van der Waals surface area (Å²) in [5.74, 6) is -0.348. The maximum Gasteiger partial charge on any atom is 0.294 e. The highest BCUT2D eigenvalue weighted by Crippen LogP contribution is 2.30. The third-order valence-corrected chi connectivity index (χ3v) is 5.32. The van der Waals surface area contributed by atoms with E-state index in [2.05, 4.69) is 12.2 Å². The fourth-order valence-corrected chi connectivity index (χ4v) is 3.55. The molecule has 0 saturated heterocycles. The van der Waals surface area contributed by atoms with Gasteiger partial charge in [0.05, 0.1) is 4.90 Å². The van der Waals surface area contributed by atoms with Gasteiger partial charge in [0.2, 0.25) is 5.91 Å². The zero-order valence-electron chi connectivity index (χ0n) is 15.6. The minimum Gasteiger partial charge on any atom is -0.507 e. The van der Waals surface area contributed by atoms with Crippen molar-refractivity contribution in [1.82, 2.24) is 0 Å². The van der Waals surface area contributed by atoms with Crippen LogP contribution in [0, 0.1) is 0 Å². The fraction of sp³-hybridized carbons (Fsp3) is 0.450. The fourth-order valence-electron chi connectivity index (χ4n) is 3.02. The van der Waals surface area contributed by atoms with Gasteiger partial charge in [0, 0.05) is 23.6 Å². The summed E-state index contributed by atoms with van der Waals surface area (Å²) in [6.45, 7) is 2.18. The van der Waals surface area contributed by atoms with Gasteiger partial charge in [0.1, 0.15) is 5.75 Å². The van der Waals surface area contributed by atoms with Crippen molar-refractivity contribution in [3.05, 3.63) is 30.3 Å². The number of amides is 1. The van der Waals surface area contributed by atoms with Crippen LogP contribution in [-0.4, -0.2) is 24.0 Å². The smallest absolute Gasteiger partial charge is 0.294 e. The third-order valence-electron chi connectivity index (χ3n) is 4.49. The van der Waals surface area contributed by atoms with E-state index in [0.717, 1.165) is 25.3 Å². The maximum absolute atomic E-state index is 12.1. The number of rotatable bonds is 10. The first kappa shape index (κ1) is 21.2. The van der Waals surface area contributed by atoms with Crippen molar-refractivity contribution < 1.29 is 22.9 Å². The number of phenolic OH excluding ortho intramolecular Hbond substituents is 1. The van der Waals surface area contributed by atoms with Gasteiger partial charge >= 0.3 is 0 Å². The molecule has 0 aliphatic heterocycles. The van der Waals surface area contributed by atoms with Crippen LogP contribution in [0.15, 0.2) is 35.2 Å². The highest BCUT2D eigenvalue weighted by atomic mass is 32.2. The molecule has 0 aliphatic carbocycles. The first-order chi connectivity index (χ1) is 12.8. The number of nitrogens with one attached hydrogen (secondary N) is 1. The summed E-state index contributed by atoms with van der Waals surface area (Å²) < 4.78 is 31.8. The molecule has 148 valence electrons. The number of benzene rings is 2. The van der Waals surface area contributed by atoms with E-state index in [-0.39, 0.29) is 16.6 Å². The van der Waals surface area contributed by atoms with E-state index < -0.39 is 10.1 Å². The molecule has 0 aromatic heterocycles. The molecule has 2 aromatic rings. The summed E-state index contributed by atoms with van der Waals surface area (Å²) in [6, 6.07) is 7.08. The van der Waals surface area contributed by atoms with Gasteiger partial charge in [-0.15, -0.1) is 0 Å². The quantitative estimate of drug-likeness (QED) is 0.394. The van der Waals surface area contributed by atoms with E-state index in [1.807, 2.05) is 0 Å². The van der Waals surface area contributed by atoms with Crippen LogP contribution >= 0.6 is 0 Å². The first-order valence-corrected chi connectivity index (χ1v) is 10.8. The molecule has 0 radical (unpaired) electrons. The summed E-state index contributed by atoms with van der Waals surface area (Å²) >= 11 is 0. The molecule has 0 aliphatic rings. The lowest BCUT2D eigenvalue weighted by atomic mass is 10.1. The summed E-state index contributed by atoms with van der Waals surface area (Å²) in [7, 11) is -4.42. The summed E-state index contributed by atoms with van der Waals surface area (Å²) in [4.78, 5) is 11.7. The largest absolute Gasteiger partial charge is 0.507 e. The lowest BCUT2D eigenvalue weighted by Gasteiger charge is -2.09. The molecule has 2 aromatic carbocycles. The lowest BCUT2D eigenvalue weighted by molar-refractivity contribution is -0.116. The lowest BCUT2D eigenvalue weighted by Crippen LogP contribution is -2.11. The monoisotopic (exact) mass is 393 g/mol. The Bertz CT molecular complexity index is 893. The standard InChI is InChI=1S/C20H27NO5S/c1-2-3-4-5-6-7-8-9-20(23)21-16-10-11-18-15(12-16)13-17(14-19(18)22)27(24,25)26/h10-14,22H,2-9H2,1H3,(H,21,23)(H,24,25,26). The van der Waals surface area contributed by atoms with Crippen molar-refractivity contribution in [2.75, 3.05) is 5.32 Å². The average Bonchev–Trinajstić information content (AvgIpc) is 2.60.